The van der Waals surface area contributed by atoms with Gasteiger partial charge in [0.2, 0.25) is 5.91 Å². The van der Waals surface area contributed by atoms with Crippen molar-refractivity contribution in [2.75, 3.05) is 0 Å². The minimum absolute atomic E-state index is 0.136. The second kappa shape index (κ2) is 6.57. The summed E-state index contributed by atoms with van der Waals surface area (Å²) in [5.41, 5.74) is 1.84. The third-order valence-corrected chi connectivity index (χ3v) is 4.65. The molecule has 22 heavy (non-hydrogen) atoms. The Hall–Kier alpha value is -1.75. The second-order valence-corrected chi connectivity index (χ2v) is 6.80. The maximum absolute atomic E-state index is 13.2. The molecule has 116 valence electrons. The molecule has 0 unspecified atom stereocenters. The molecule has 1 aromatic carbocycles. The van der Waals surface area contributed by atoms with Gasteiger partial charge in [0, 0.05) is 17.8 Å². The van der Waals surface area contributed by atoms with Crippen molar-refractivity contribution in [1.29, 1.82) is 0 Å². The number of benzene rings is 1. The van der Waals surface area contributed by atoms with Crippen molar-refractivity contribution in [3.8, 4) is 0 Å². The van der Waals surface area contributed by atoms with E-state index in [0.717, 1.165) is 29.1 Å². The molecule has 1 aliphatic rings. The van der Waals surface area contributed by atoms with Crippen LogP contribution in [0.5, 0.6) is 0 Å². The number of aryl methyl sites for hydroxylation is 2. The number of halogens is 1. The molecule has 1 aliphatic carbocycles. The van der Waals surface area contributed by atoms with E-state index < -0.39 is 0 Å². The largest absolute Gasteiger partial charge is 0.334 e. The highest BCUT2D eigenvalue weighted by Gasteiger charge is 2.32. The van der Waals surface area contributed by atoms with Gasteiger partial charge in [0.05, 0.1) is 17.2 Å². The van der Waals surface area contributed by atoms with E-state index in [1.54, 1.807) is 17.4 Å². The molecule has 1 saturated carbocycles. The van der Waals surface area contributed by atoms with Gasteiger partial charge in [-0.3, -0.25) is 4.79 Å². The fourth-order valence-corrected chi connectivity index (χ4v) is 3.15. The Morgan fingerprint density at radius 2 is 2.27 bits per heavy atom. The Bertz CT molecular complexity index is 666. The summed E-state index contributed by atoms with van der Waals surface area (Å²) >= 11 is 1.61. The summed E-state index contributed by atoms with van der Waals surface area (Å²) in [6.07, 6.45) is 3.16. The number of rotatable bonds is 6. The van der Waals surface area contributed by atoms with Crippen LogP contribution in [-0.4, -0.2) is 21.8 Å². The third kappa shape index (κ3) is 3.91. The summed E-state index contributed by atoms with van der Waals surface area (Å²) < 4.78 is 13.2. The number of amides is 1. The normalized spacial score (nSPS) is 14.1. The number of carbonyl (C=O) groups is 1. The van der Waals surface area contributed by atoms with Gasteiger partial charge in [-0.2, -0.15) is 0 Å². The van der Waals surface area contributed by atoms with Crippen LogP contribution in [0, 0.1) is 12.7 Å². The van der Waals surface area contributed by atoms with Crippen LogP contribution in [0.2, 0.25) is 0 Å². The van der Waals surface area contributed by atoms with E-state index >= 15 is 0 Å². The molecule has 0 bridgehead atoms. The van der Waals surface area contributed by atoms with Crippen LogP contribution in [0.4, 0.5) is 4.39 Å². The highest BCUT2D eigenvalue weighted by Crippen LogP contribution is 2.29. The van der Waals surface area contributed by atoms with Crippen molar-refractivity contribution < 1.29 is 9.18 Å². The second-order valence-electron chi connectivity index (χ2n) is 5.74. The molecular formula is C17H19FN2OS. The first-order chi connectivity index (χ1) is 10.6. The minimum atomic E-state index is -0.248. The van der Waals surface area contributed by atoms with Gasteiger partial charge in [0.1, 0.15) is 5.82 Å². The molecule has 1 heterocycles. The third-order valence-electron chi connectivity index (χ3n) is 3.82. The van der Waals surface area contributed by atoms with E-state index in [1.165, 1.54) is 12.1 Å². The lowest BCUT2D eigenvalue weighted by Crippen LogP contribution is -2.32. The number of hydrogen-bond donors (Lipinski definition) is 0. The average molecular weight is 318 g/mol. The fraction of sp³-hybridized carbons (Fsp3) is 0.412. The van der Waals surface area contributed by atoms with Gasteiger partial charge < -0.3 is 4.90 Å². The first-order valence-electron chi connectivity index (χ1n) is 7.57. The molecule has 1 aromatic heterocycles. The van der Waals surface area contributed by atoms with Crippen LogP contribution < -0.4 is 0 Å². The highest BCUT2D eigenvalue weighted by molar-refractivity contribution is 7.09. The summed E-state index contributed by atoms with van der Waals surface area (Å²) in [6, 6.07) is 6.83. The van der Waals surface area contributed by atoms with E-state index in [-0.39, 0.29) is 11.7 Å². The molecule has 5 heteroatoms. The van der Waals surface area contributed by atoms with Gasteiger partial charge in [-0.15, -0.1) is 11.3 Å². The predicted octanol–water partition coefficient (Wildman–Crippen LogP) is 3.71. The summed E-state index contributed by atoms with van der Waals surface area (Å²) in [6.45, 7) is 2.57. The lowest BCUT2D eigenvalue weighted by molar-refractivity contribution is -0.132. The maximum Gasteiger partial charge on any atom is 0.223 e. The first kappa shape index (κ1) is 15.2. The first-order valence-corrected chi connectivity index (χ1v) is 8.45. The topological polar surface area (TPSA) is 33.2 Å². The molecule has 0 N–H and O–H groups in total. The van der Waals surface area contributed by atoms with Gasteiger partial charge in [-0.1, -0.05) is 12.1 Å². The lowest BCUT2D eigenvalue weighted by atomic mass is 10.1. The molecular weight excluding hydrogens is 299 g/mol. The number of carbonyl (C=O) groups excluding carboxylic acids is 1. The molecule has 3 nitrogen and oxygen atoms in total. The van der Waals surface area contributed by atoms with Crippen LogP contribution in [0.3, 0.4) is 0 Å². The molecule has 0 saturated heterocycles. The van der Waals surface area contributed by atoms with Crippen LogP contribution >= 0.6 is 11.3 Å². The maximum atomic E-state index is 13.2. The zero-order chi connectivity index (χ0) is 15.5. The van der Waals surface area contributed by atoms with Gasteiger partial charge in [0.25, 0.3) is 0 Å². The van der Waals surface area contributed by atoms with Crippen LogP contribution in [0.1, 0.15) is 35.5 Å². The van der Waals surface area contributed by atoms with E-state index in [1.807, 2.05) is 23.3 Å². The van der Waals surface area contributed by atoms with Crippen molar-refractivity contribution >= 4 is 17.2 Å². The van der Waals surface area contributed by atoms with E-state index in [0.29, 0.717) is 25.4 Å². The smallest absolute Gasteiger partial charge is 0.223 e. The Kier molecular flexibility index (Phi) is 4.52. The Balaban J connectivity index is 1.60. The molecule has 0 radical (unpaired) electrons. The summed E-state index contributed by atoms with van der Waals surface area (Å²) in [4.78, 5) is 18.9. The highest BCUT2D eigenvalue weighted by atomic mass is 32.1. The van der Waals surface area contributed by atoms with Crippen LogP contribution in [-0.2, 0) is 17.8 Å². The van der Waals surface area contributed by atoms with Crippen molar-refractivity contribution in [3.63, 3.8) is 0 Å². The summed E-state index contributed by atoms with van der Waals surface area (Å²) in [5.74, 6) is -0.112. The van der Waals surface area contributed by atoms with Gasteiger partial charge in [0.15, 0.2) is 0 Å². The molecule has 0 atom stereocenters. The fourth-order valence-electron chi connectivity index (χ4n) is 2.55. The van der Waals surface area contributed by atoms with Crippen molar-refractivity contribution in [3.05, 3.63) is 51.7 Å². The molecule has 1 fully saturated rings. The summed E-state index contributed by atoms with van der Waals surface area (Å²) in [7, 11) is 0. The average Bonchev–Trinajstić information content (AvgIpc) is 3.25. The van der Waals surface area contributed by atoms with Gasteiger partial charge in [-0.25, -0.2) is 9.37 Å². The minimum Gasteiger partial charge on any atom is -0.334 e. The lowest BCUT2D eigenvalue weighted by Gasteiger charge is -2.21. The SMILES string of the molecule is Cc1nc(CN(C(=O)CCc2cccc(F)c2)C2CC2)cs1. The summed E-state index contributed by atoms with van der Waals surface area (Å²) in [5, 5.41) is 3.04. The molecule has 0 aliphatic heterocycles. The Morgan fingerprint density at radius 3 is 2.91 bits per heavy atom. The number of thiazole rings is 1. The van der Waals surface area contributed by atoms with Crippen LogP contribution in [0.15, 0.2) is 29.6 Å². The van der Waals surface area contributed by atoms with E-state index in [9.17, 15) is 9.18 Å². The van der Waals surface area contributed by atoms with E-state index in [2.05, 4.69) is 4.98 Å². The molecule has 2 aromatic rings. The number of aromatic nitrogens is 1. The van der Waals surface area contributed by atoms with Crippen molar-refractivity contribution in [2.45, 2.75) is 45.2 Å². The van der Waals surface area contributed by atoms with Gasteiger partial charge >= 0.3 is 0 Å². The number of hydrogen-bond acceptors (Lipinski definition) is 3. The zero-order valence-electron chi connectivity index (χ0n) is 12.6. The van der Waals surface area contributed by atoms with E-state index in [4.69, 9.17) is 0 Å². The standard InChI is InChI=1S/C17H19FN2OS/c1-12-19-15(11-22-12)10-20(16-6-7-16)17(21)8-5-13-3-2-4-14(18)9-13/h2-4,9,11,16H,5-8,10H2,1H3. The molecule has 1 amide bonds. The Labute approximate surface area is 133 Å². The number of nitrogens with zero attached hydrogens (tertiary/aromatic N) is 2. The van der Waals surface area contributed by atoms with Crippen molar-refractivity contribution in [2.24, 2.45) is 0 Å². The molecule has 3 rings (SSSR count). The quantitative estimate of drug-likeness (QED) is 0.813. The zero-order valence-corrected chi connectivity index (χ0v) is 13.4. The predicted molar refractivity (Wildman–Crippen MR) is 85.1 cm³/mol. The van der Waals surface area contributed by atoms with Gasteiger partial charge in [-0.05, 0) is 43.9 Å². The Morgan fingerprint density at radius 1 is 1.45 bits per heavy atom. The van der Waals surface area contributed by atoms with Crippen LogP contribution in [0.25, 0.3) is 0 Å². The molecule has 0 spiro atoms. The van der Waals surface area contributed by atoms with Crippen molar-refractivity contribution in [1.82, 2.24) is 9.88 Å². The monoisotopic (exact) mass is 318 g/mol.